The topological polar surface area (TPSA) is 41.1 Å². The zero-order chi connectivity index (χ0) is 12.8. The second-order valence-electron chi connectivity index (χ2n) is 3.76. The van der Waals surface area contributed by atoms with Gasteiger partial charge in [-0.25, -0.2) is 4.39 Å². The Labute approximate surface area is 109 Å². The van der Waals surface area contributed by atoms with Crippen molar-refractivity contribution in [3.05, 3.63) is 53.9 Å². The molecule has 0 saturated carbocycles. The molecule has 1 amide bonds. The van der Waals surface area contributed by atoms with Crippen molar-refractivity contribution in [1.82, 2.24) is 10.3 Å². The quantitative estimate of drug-likeness (QED) is 0.649. The highest BCUT2D eigenvalue weighted by Crippen LogP contribution is 2.18. The lowest BCUT2D eigenvalue weighted by Gasteiger charge is -2.10. The van der Waals surface area contributed by atoms with Gasteiger partial charge in [0, 0.05) is 16.9 Å². The molecule has 18 heavy (non-hydrogen) atoms. The van der Waals surface area contributed by atoms with Gasteiger partial charge in [-0.3, -0.25) is 10.2 Å². The van der Waals surface area contributed by atoms with Gasteiger partial charge in [0.15, 0.2) is 0 Å². The van der Waals surface area contributed by atoms with Crippen molar-refractivity contribution in [1.29, 1.82) is 0 Å². The Kier molecular flexibility index (Phi) is 4.55. The molecule has 94 valence electrons. The van der Waals surface area contributed by atoms with Crippen LogP contribution in [0, 0.1) is 0 Å². The molecule has 5 heteroatoms. The van der Waals surface area contributed by atoms with E-state index in [1.54, 1.807) is 6.08 Å². The van der Waals surface area contributed by atoms with Gasteiger partial charge in [-0.2, -0.15) is 4.83 Å². The highest BCUT2D eigenvalue weighted by molar-refractivity contribution is 7.97. The monoisotopic (exact) mass is 264 g/mol. The first kappa shape index (κ1) is 12.9. The van der Waals surface area contributed by atoms with Gasteiger partial charge < -0.3 is 0 Å². The number of allylic oxidation sites excluding steroid dienone is 2. The lowest BCUT2D eigenvalue weighted by Crippen LogP contribution is -2.33. The van der Waals surface area contributed by atoms with Crippen LogP contribution in [0.3, 0.4) is 0 Å². The summed E-state index contributed by atoms with van der Waals surface area (Å²) in [5.41, 5.74) is 2.88. The van der Waals surface area contributed by atoms with E-state index in [9.17, 15) is 9.18 Å². The standard InChI is InChI=1S/C13H13FN2OS/c14-11-6-4-5-10(9-11)13(17)15-16-18-12-7-2-1-3-8-12/h1-3,5,7-9,16H,4,6H2,(H,15,17). The van der Waals surface area contributed by atoms with Gasteiger partial charge >= 0.3 is 0 Å². The predicted octanol–water partition coefficient (Wildman–Crippen LogP) is 2.89. The molecule has 0 aliphatic heterocycles. The molecular weight excluding hydrogens is 251 g/mol. The van der Waals surface area contributed by atoms with Crippen molar-refractivity contribution in [3.8, 4) is 0 Å². The molecule has 2 N–H and O–H groups in total. The second-order valence-corrected chi connectivity index (χ2v) is 4.64. The van der Waals surface area contributed by atoms with Gasteiger partial charge in [-0.15, -0.1) is 0 Å². The number of nitrogens with one attached hydrogen (secondary N) is 2. The van der Waals surface area contributed by atoms with Gasteiger partial charge in [0.1, 0.15) is 5.83 Å². The first-order chi connectivity index (χ1) is 8.75. The smallest absolute Gasteiger partial charge is 0.265 e. The fourth-order valence-corrected chi connectivity index (χ4v) is 2.07. The molecule has 1 aliphatic rings. The zero-order valence-electron chi connectivity index (χ0n) is 9.65. The summed E-state index contributed by atoms with van der Waals surface area (Å²) in [5.74, 6) is -0.577. The molecule has 1 aromatic carbocycles. The summed E-state index contributed by atoms with van der Waals surface area (Å²) >= 11 is 1.29. The molecule has 0 heterocycles. The Bertz CT molecular complexity index is 485. The highest BCUT2D eigenvalue weighted by atomic mass is 32.2. The maximum absolute atomic E-state index is 13.0. The molecular formula is C13H13FN2OS. The third-order valence-corrected chi connectivity index (χ3v) is 3.11. The zero-order valence-corrected chi connectivity index (χ0v) is 10.5. The van der Waals surface area contributed by atoms with E-state index in [0.717, 1.165) is 4.90 Å². The number of hydrazine groups is 1. The Hall–Kier alpha value is -1.59. The maximum Gasteiger partial charge on any atom is 0.265 e. The summed E-state index contributed by atoms with van der Waals surface area (Å²) < 4.78 is 13.0. The Morgan fingerprint density at radius 2 is 2.06 bits per heavy atom. The lowest BCUT2D eigenvalue weighted by atomic mass is 10.1. The van der Waals surface area contributed by atoms with Crippen LogP contribution in [0.25, 0.3) is 0 Å². The van der Waals surface area contributed by atoms with Crippen LogP contribution in [-0.4, -0.2) is 5.91 Å². The summed E-state index contributed by atoms with van der Waals surface area (Å²) in [6, 6.07) is 9.58. The van der Waals surface area contributed by atoms with Gasteiger partial charge in [0.25, 0.3) is 5.91 Å². The molecule has 0 bridgehead atoms. The fourth-order valence-electron chi connectivity index (χ4n) is 1.52. The van der Waals surface area contributed by atoms with Crippen LogP contribution in [0.2, 0.25) is 0 Å². The third-order valence-electron chi connectivity index (χ3n) is 2.40. The summed E-state index contributed by atoms with van der Waals surface area (Å²) in [6.07, 6.45) is 3.95. The van der Waals surface area contributed by atoms with Crippen LogP contribution in [0.1, 0.15) is 12.8 Å². The number of hydrogen-bond donors (Lipinski definition) is 2. The number of amides is 1. The molecule has 0 fully saturated rings. The van der Waals surface area contributed by atoms with Crippen LogP contribution in [-0.2, 0) is 4.79 Å². The first-order valence-electron chi connectivity index (χ1n) is 5.59. The van der Waals surface area contributed by atoms with E-state index < -0.39 is 0 Å². The van der Waals surface area contributed by atoms with Crippen molar-refractivity contribution < 1.29 is 9.18 Å². The normalized spacial score (nSPS) is 14.7. The third kappa shape index (κ3) is 3.72. The summed E-state index contributed by atoms with van der Waals surface area (Å²) in [7, 11) is 0. The molecule has 0 saturated heterocycles. The van der Waals surface area contributed by atoms with E-state index >= 15 is 0 Å². The SMILES string of the molecule is O=C(NNSc1ccccc1)C1=CCCC(F)=C1. The van der Waals surface area contributed by atoms with E-state index in [1.165, 1.54) is 18.0 Å². The highest BCUT2D eigenvalue weighted by Gasteiger charge is 2.11. The van der Waals surface area contributed by atoms with Gasteiger partial charge in [-0.05, 0) is 36.6 Å². The maximum atomic E-state index is 13.0. The molecule has 0 aromatic heterocycles. The average Bonchev–Trinajstić information content (AvgIpc) is 2.40. The molecule has 3 nitrogen and oxygen atoms in total. The van der Waals surface area contributed by atoms with Crippen molar-refractivity contribution in [3.63, 3.8) is 0 Å². The van der Waals surface area contributed by atoms with E-state index in [2.05, 4.69) is 10.3 Å². The van der Waals surface area contributed by atoms with Gasteiger partial charge in [-0.1, -0.05) is 24.3 Å². The van der Waals surface area contributed by atoms with E-state index in [4.69, 9.17) is 0 Å². The summed E-state index contributed by atoms with van der Waals surface area (Å²) in [4.78, 5) is 15.4. The minimum absolute atomic E-state index is 0.252. The second kappa shape index (κ2) is 6.37. The number of rotatable bonds is 4. The number of halogens is 1. The molecule has 0 spiro atoms. The van der Waals surface area contributed by atoms with E-state index in [0.29, 0.717) is 18.4 Å². The Morgan fingerprint density at radius 3 is 2.78 bits per heavy atom. The average molecular weight is 264 g/mol. The van der Waals surface area contributed by atoms with Gasteiger partial charge in [0.2, 0.25) is 0 Å². The van der Waals surface area contributed by atoms with Crippen LogP contribution < -0.4 is 10.3 Å². The molecule has 0 atom stereocenters. The number of hydrogen-bond acceptors (Lipinski definition) is 3. The predicted molar refractivity (Wildman–Crippen MR) is 70.1 cm³/mol. The Balaban J connectivity index is 1.81. The van der Waals surface area contributed by atoms with Crippen LogP contribution in [0.5, 0.6) is 0 Å². The minimum atomic E-state index is -0.326. The van der Waals surface area contributed by atoms with E-state index in [1.807, 2.05) is 30.3 Å². The van der Waals surface area contributed by atoms with Crippen LogP contribution in [0.15, 0.2) is 58.8 Å². The summed E-state index contributed by atoms with van der Waals surface area (Å²) in [6.45, 7) is 0. The first-order valence-corrected chi connectivity index (χ1v) is 6.41. The number of carbonyl (C=O) groups is 1. The molecule has 0 radical (unpaired) electrons. The summed E-state index contributed by atoms with van der Waals surface area (Å²) in [5, 5.41) is 0. The van der Waals surface area contributed by atoms with Crippen LogP contribution in [0.4, 0.5) is 4.39 Å². The fraction of sp³-hybridized carbons (Fsp3) is 0.154. The van der Waals surface area contributed by atoms with Crippen molar-refractivity contribution in [2.24, 2.45) is 0 Å². The number of carbonyl (C=O) groups excluding carboxylic acids is 1. The Morgan fingerprint density at radius 1 is 1.28 bits per heavy atom. The molecule has 2 rings (SSSR count). The minimum Gasteiger partial charge on any atom is -0.277 e. The molecule has 1 aliphatic carbocycles. The van der Waals surface area contributed by atoms with Gasteiger partial charge in [0.05, 0.1) is 0 Å². The van der Waals surface area contributed by atoms with Crippen molar-refractivity contribution >= 4 is 17.9 Å². The van der Waals surface area contributed by atoms with Crippen molar-refractivity contribution in [2.45, 2.75) is 17.7 Å². The molecule has 0 unspecified atom stereocenters. The number of benzene rings is 1. The lowest BCUT2D eigenvalue weighted by molar-refractivity contribution is -0.117. The largest absolute Gasteiger partial charge is 0.277 e. The van der Waals surface area contributed by atoms with Crippen molar-refractivity contribution in [2.75, 3.05) is 0 Å². The van der Waals surface area contributed by atoms with Crippen LogP contribution >= 0.6 is 11.9 Å². The molecule has 1 aromatic rings. The van der Waals surface area contributed by atoms with E-state index in [-0.39, 0.29) is 11.7 Å².